The summed E-state index contributed by atoms with van der Waals surface area (Å²) < 4.78 is 5.18. The molecule has 3 heteroatoms. The van der Waals surface area contributed by atoms with Crippen molar-refractivity contribution < 1.29 is 4.74 Å². The number of nitrogens with zero attached hydrogens (tertiary/aromatic N) is 1. The van der Waals surface area contributed by atoms with Crippen LogP contribution >= 0.6 is 11.6 Å². The van der Waals surface area contributed by atoms with Gasteiger partial charge in [0.1, 0.15) is 5.75 Å². The first-order valence-electron chi connectivity index (χ1n) is 3.90. The molecule has 0 saturated carbocycles. The van der Waals surface area contributed by atoms with Gasteiger partial charge >= 0.3 is 0 Å². The van der Waals surface area contributed by atoms with Gasteiger partial charge in [-0.2, -0.15) is 0 Å². The Labute approximate surface area is 81.1 Å². The Morgan fingerprint density at radius 3 is 2.92 bits per heavy atom. The smallest absolute Gasteiger partial charge is 0.131 e. The van der Waals surface area contributed by atoms with E-state index in [-0.39, 0.29) is 0 Å². The second kappa shape index (κ2) is 3.23. The highest BCUT2D eigenvalue weighted by Crippen LogP contribution is 2.29. The van der Waals surface area contributed by atoms with E-state index < -0.39 is 0 Å². The maximum absolute atomic E-state index is 6.02. The van der Waals surface area contributed by atoms with E-state index in [4.69, 9.17) is 16.3 Å². The summed E-state index contributed by atoms with van der Waals surface area (Å²) in [6, 6.07) is 7.41. The van der Waals surface area contributed by atoms with Gasteiger partial charge in [-0.15, -0.1) is 0 Å². The van der Waals surface area contributed by atoms with Gasteiger partial charge in [0.15, 0.2) is 0 Å². The summed E-state index contributed by atoms with van der Waals surface area (Å²) in [7, 11) is 1.62. The summed E-state index contributed by atoms with van der Waals surface area (Å²) in [6.45, 7) is 0. The Morgan fingerprint density at radius 2 is 2.15 bits per heavy atom. The lowest BCUT2D eigenvalue weighted by molar-refractivity contribution is 0.419. The summed E-state index contributed by atoms with van der Waals surface area (Å²) in [5.74, 6) is 0.760. The Hall–Kier alpha value is -1.28. The number of benzene rings is 1. The van der Waals surface area contributed by atoms with Crippen LogP contribution in [0, 0.1) is 0 Å². The van der Waals surface area contributed by atoms with Crippen LogP contribution in [0.2, 0.25) is 5.02 Å². The Kier molecular flexibility index (Phi) is 2.07. The molecular formula is C10H8ClNO. The van der Waals surface area contributed by atoms with Crippen LogP contribution in [0.1, 0.15) is 0 Å². The minimum absolute atomic E-state index is 0.669. The molecule has 0 saturated heterocycles. The molecule has 1 heterocycles. The number of pyridine rings is 1. The number of ether oxygens (including phenoxy) is 1. The van der Waals surface area contributed by atoms with E-state index in [1.807, 2.05) is 18.2 Å². The van der Waals surface area contributed by atoms with Crippen molar-refractivity contribution in [3.05, 3.63) is 35.5 Å². The number of methoxy groups -OCH3 is 1. The monoisotopic (exact) mass is 193 g/mol. The molecular weight excluding hydrogens is 186 g/mol. The van der Waals surface area contributed by atoms with Crippen molar-refractivity contribution in [1.29, 1.82) is 0 Å². The van der Waals surface area contributed by atoms with Gasteiger partial charge in [0.25, 0.3) is 0 Å². The molecule has 2 nitrogen and oxygen atoms in total. The van der Waals surface area contributed by atoms with Crippen LogP contribution in [-0.4, -0.2) is 12.1 Å². The highest BCUT2D eigenvalue weighted by atomic mass is 35.5. The average Bonchev–Trinajstić information content (AvgIpc) is 2.17. The number of rotatable bonds is 1. The van der Waals surface area contributed by atoms with Gasteiger partial charge < -0.3 is 4.74 Å². The van der Waals surface area contributed by atoms with Crippen LogP contribution in [-0.2, 0) is 0 Å². The topological polar surface area (TPSA) is 22.1 Å². The minimum Gasteiger partial charge on any atom is -0.496 e. The fourth-order valence-corrected chi connectivity index (χ4v) is 1.57. The predicted molar refractivity (Wildman–Crippen MR) is 53.3 cm³/mol. The zero-order valence-electron chi connectivity index (χ0n) is 7.12. The summed E-state index contributed by atoms with van der Waals surface area (Å²) in [6.07, 6.45) is 1.71. The first kappa shape index (κ1) is 8.32. The Morgan fingerprint density at radius 1 is 1.31 bits per heavy atom. The van der Waals surface area contributed by atoms with Crippen LogP contribution in [0.4, 0.5) is 0 Å². The third-order valence-electron chi connectivity index (χ3n) is 1.90. The van der Waals surface area contributed by atoms with E-state index in [1.54, 1.807) is 19.4 Å². The Balaban J connectivity index is 2.87. The van der Waals surface area contributed by atoms with Crippen LogP contribution in [0.15, 0.2) is 30.5 Å². The highest BCUT2D eigenvalue weighted by Gasteiger charge is 2.04. The summed E-state index contributed by atoms with van der Waals surface area (Å²) >= 11 is 6.02. The van der Waals surface area contributed by atoms with E-state index in [9.17, 15) is 0 Å². The third kappa shape index (κ3) is 1.33. The number of fused-ring (bicyclic) bond motifs is 1. The van der Waals surface area contributed by atoms with Gasteiger partial charge in [-0.25, -0.2) is 0 Å². The fourth-order valence-electron chi connectivity index (χ4n) is 1.30. The SMILES string of the molecule is COc1ccnc2cccc(Cl)c12. The summed E-state index contributed by atoms with van der Waals surface area (Å²) in [5.41, 5.74) is 0.854. The highest BCUT2D eigenvalue weighted by molar-refractivity contribution is 6.35. The van der Waals surface area contributed by atoms with E-state index in [0.29, 0.717) is 5.02 Å². The first-order valence-corrected chi connectivity index (χ1v) is 4.28. The molecule has 0 atom stereocenters. The normalized spacial score (nSPS) is 10.3. The predicted octanol–water partition coefficient (Wildman–Crippen LogP) is 2.90. The van der Waals surface area contributed by atoms with Crippen molar-refractivity contribution in [1.82, 2.24) is 4.98 Å². The summed E-state index contributed by atoms with van der Waals surface area (Å²) in [5, 5.41) is 1.54. The van der Waals surface area contributed by atoms with Crippen molar-refractivity contribution in [2.75, 3.05) is 7.11 Å². The van der Waals surface area contributed by atoms with Crippen molar-refractivity contribution in [2.24, 2.45) is 0 Å². The van der Waals surface area contributed by atoms with Crippen molar-refractivity contribution in [3.63, 3.8) is 0 Å². The van der Waals surface area contributed by atoms with Crippen LogP contribution in [0.25, 0.3) is 10.9 Å². The molecule has 66 valence electrons. The van der Waals surface area contributed by atoms with Crippen molar-refractivity contribution >= 4 is 22.5 Å². The second-order valence-corrected chi connectivity index (χ2v) is 3.05. The maximum atomic E-state index is 6.02. The molecule has 0 radical (unpaired) electrons. The van der Waals surface area contributed by atoms with E-state index in [2.05, 4.69) is 4.98 Å². The number of halogens is 1. The molecule has 0 aliphatic rings. The molecule has 0 fully saturated rings. The van der Waals surface area contributed by atoms with Crippen LogP contribution < -0.4 is 4.74 Å². The zero-order chi connectivity index (χ0) is 9.26. The molecule has 13 heavy (non-hydrogen) atoms. The fraction of sp³-hybridized carbons (Fsp3) is 0.100. The minimum atomic E-state index is 0.669. The number of hydrogen-bond donors (Lipinski definition) is 0. The van der Waals surface area contributed by atoms with Gasteiger partial charge in [-0.05, 0) is 18.2 Å². The molecule has 0 N–H and O–H groups in total. The standard InChI is InChI=1S/C10H8ClNO/c1-13-9-5-6-12-8-4-2-3-7(11)10(8)9/h2-6H,1H3. The first-order chi connectivity index (χ1) is 6.33. The maximum Gasteiger partial charge on any atom is 0.131 e. The lowest BCUT2D eigenvalue weighted by Gasteiger charge is -2.05. The molecule has 0 spiro atoms. The lowest BCUT2D eigenvalue weighted by Crippen LogP contribution is -1.87. The van der Waals surface area contributed by atoms with E-state index in [1.165, 1.54) is 0 Å². The zero-order valence-corrected chi connectivity index (χ0v) is 7.88. The van der Waals surface area contributed by atoms with Gasteiger partial charge in [0.05, 0.1) is 23.0 Å². The Bertz CT molecular complexity index is 437. The molecule has 0 unspecified atom stereocenters. The molecule has 1 aromatic carbocycles. The second-order valence-electron chi connectivity index (χ2n) is 2.65. The summed E-state index contributed by atoms with van der Waals surface area (Å²) in [4.78, 5) is 4.19. The van der Waals surface area contributed by atoms with Gasteiger partial charge in [0, 0.05) is 6.20 Å². The van der Waals surface area contributed by atoms with Gasteiger partial charge in [-0.1, -0.05) is 17.7 Å². The molecule has 0 aliphatic carbocycles. The number of hydrogen-bond acceptors (Lipinski definition) is 2. The van der Waals surface area contributed by atoms with Crippen LogP contribution in [0.3, 0.4) is 0 Å². The van der Waals surface area contributed by atoms with Crippen LogP contribution in [0.5, 0.6) is 5.75 Å². The quantitative estimate of drug-likeness (QED) is 0.695. The van der Waals surface area contributed by atoms with E-state index >= 15 is 0 Å². The van der Waals surface area contributed by atoms with E-state index in [0.717, 1.165) is 16.7 Å². The van der Waals surface area contributed by atoms with Crippen molar-refractivity contribution in [2.45, 2.75) is 0 Å². The molecule has 0 amide bonds. The number of aromatic nitrogens is 1. The largest absolute Gasteiger partial charge is 0.496 e. The third-order valence-corrected chi connectivity index (χ3v) is 2.21. The molecule has 0 aliphatic heterocycles. The molecule has 2 aromatic rings. The van der Waals surface area contributed by atoms with Crippen molar-refractivity contribution in [3.8, 4) is 5.75 Å². The molecule has 0 bridgehead atoms. The van der Waals surface area contributed by atoms with Gasteiger partial charge in [-0.3, -0.25) is 4.98 Å². The van der Waals surface area contributed by atoms with Gasteiger partial charge in [0.2, 0.25) is 0 Å². The molecule has 2 rings (SSSR count). The molecule has 1 aromatic heterocycles. The lowest BCUT2D eigenvalue weighted by atomic mass is 10.2. The average molecular weight is 194 g/mol.